The Bertz CT molecular complexity index is 580. The predicted octanol–water partition coefficient (Wildman–Crippen LogP) is 2.87. The van der Waals surface area contributed by atoms with E-state index in [9.17, 15) is 0 Å². The molecule has 0 spiro atoms. The van der Waals surface area contributed by atoms with Gasteiger partial charge in [0.15, 0.2) is 5.16 Å². The van der Waals surface area contributed by atoms with Crippen molar-refractivity contribution in [1.29, 1.82) is 0 Å². The maximum absolute atomic E-state index is 5.76. The lowest BCUT2D eigenvalue weighted by atomic mass is 10.3. The van der Waals surface area contributed by atoms with Gasteiger partial charge >= 0.3 is 0 Å². The molecule has 0 fully saturated rings. The maximum Gasteiger partial charge on any atom is 0.190 e. The molecule has 0 aromatic carbocycles. The summed E-state index contributed by atoms with van der Waals surface area (Å²) in [5.41, 5.74) is 6.65. The highest BCUT2D eigenvalue weighted by atomic mass is 32.2. The molecule has 0 unspecified atom stereocenters. The highest BCUT2D eigenvalue weighted by Crippen LogP contribution is 2.26. The van der Waals surface area contributed by atoms with Crippen LogP contribution >= 0.6 is 23.5 Å². The second-order valence-electron chi connectivity index (χ2n) is 3.79. The largest absolute Gasteiger partial charge is 0.492 e. The fourth-order valence-corrected chi connectivity index (χ4v) is 2.83. The Morgan fingerprint density at radius 1 is 1.35 bits per heavy atom. The van der Waals surface area contributed by atoms with Gasteiger partial charge in [-0.15, -0.1) is 11.8 Å². The van der Waals surface area contributed by atoms with E-state index in [1.54, 1.807) is 24.0 Å². The molecule has 0 bridgehead atoms. The summed E-state index contributed by atoms with van der Waals surface area (Å²) in [6.45, 7) is 2.57. The summed E-state index contributed by atoms with van der Waals surface area (Å²) < 4.78 is 5.55. The van der Waals surface area contributed by atoms with Crippen LogP contribution in [0.4, 0.5) is 5.82 Å². The summed E-state index contributed by atoms with van der Waals surface area (Å²) in [5.74, 6) is 1.93. The van der Waals surface area contributed by atoms with Crippen molar-refractivity contribution in [3.05, 3.63) is 30.1 Å². The molecule has 2 aromatic heterocycles. The lowest BCUT2D eigenvalue weighted by molar-refractivity contribution is 0.336. The summed E-state index contributed by atoms with van der Waals surface area (Å²) in [4.78, 5) is 13.0. The van der Waals surface area contributed by atoms with Crippen molar-refractivity contribution in [2.24, 2.45) is 0 Å². The highest BCUT2D eigenvalue weighted by molar-refractivity contribution is 7.99. The van der Waals surface area contributed by atoms with E-state index in [2.05, 4.69) is 15.0 Å². The van der Waals surface area contributed by atoms with Gasteiger partial charge in [0.1, 0.15) is 16.6 Å². The monoisotopic (exact) mass is 308 g/mol. The van der Waals surface area contributed by atoms with Gasteiger partial charge < -0.3 is 10.5 Å². The van der Waals surface area contributed by atoms with Crippen LogP contribution < -0.4 is 10.5 Å². The molecular weight excluding hydrogens is 292 g/mol. The van der Waals surface area contributed by atoms with Crippen LogP contribution in [0.15, 0.2) is 34.6 Å². The number of ether oxygens (including phenoxy) is 1. The van der Waals surface area contributed by atoms with Gasteiger partial charge in [0.25, 0.3) is 0 Å². The molecule has 2 N–H and O–H groups in total. The van der Waals surface area contributed by atoms with E-state index in [4.69, 9.17) is 10.5 Å². The van der Waals surface area contributed by atoms with E-state index in [0.29, 0.717) is 23.3 Å². The molecule has 2 heterocycles. The zero-order chi connectivity index (χ0) is 14.4. The van der Waals surface area contributed by atoms with Crippen molar-refractivity contribution in [2.75, 3.05) is 18.6 Å². The Kier molecular flexibility index (Phi) is 5.49. The molecule has 0 atom stereocenters. The van der Waals surface area contributed by atoms with Crippen LogP contribution in [-0.4, -0.2) is 27.8 Å². The van der Waals surface area contributed by atoms with E-state index in [1.165, 1.54) is 11.8 Å². The van der Waals surface area contributed by atoms with Gasteiger partial charge in [-0.3, -0.25) is 4.98 Å². The first-order valence-electron chi connectivity index (χ1n) is 6.11. The second-order valence-corrected chi connectivity index (χ2v) is 5.56. The standard InChI is InChI=1S/C13H16N4OS2/c1-3-18-10-5-4-6-15-9(10)8-20-13-16-11(14)7-12(17-13)19-2/h4-7H,3,8H2,1-2H3,(H2,14,16,17). The summed E-state index contributed by atoms with van der Waals surface area (Å²) in [6.07, 6.45) is 3.72. The minimum absolute atomic E-state index is 0.484. The number of thioether (sulfide) groups is 2. The number of nitrogens with two attached hydrogens (primary N) is 1. The SMILES string of the molecule is CCOc1cccnc1CSc1nc(N)cc(SC)n1. The normalized spacial score (nSPS) is 10.5. The number of anilines is 1. The predicted molar refractivity (Wildman–Crippen MR) is 83.2 cm³/mol. The zero-order valence-electron chi connectivity index (χ0n) is 11.4. The Morgan fingerprint density at radius 2 is 2.20 bits per heavy atom. The van der Waals surface area contributed by atoms with E-state index in [1.807, 2.05) is 25.3 Å². The first-order valence-corrected chi connectivity index (χ1v) is 8.32. The van der Waals surface area contributed by atoms with Crippen molar-refractivity contribution in [3.8, 4) is 5.75 Å². The minimum Gasteiger partial charge on any atom is -0.492 e. The zero-order valence-corrected chi connectivity index (χ0v) is 13.0. The number of aromatic nitrogens is 3. The van der Waals surface area contributed by atoms with Crippen molar-refractivity contribution >= 4 is 29.3 Å². The fraction of sp³-hybridized carbons (Fsp3) is 0.308. The molecule has 2 rings (SSSR count). The van der Waals surface area contributed by atoms with E-state index >= 15 is 0 Å². The van der Waals surface area contributed by atoms with Gasteiger partial charge in [-0.1, -0.05) is 11.8 Å². The minimum atomic E-state index is 0.484. The maximum atomic E-state index is 5.76. The van der Waals surface area contributed by atoms with Crippen LogP contribution in [0.1, 0.15) is 12.6 Å². The molecule has 0 aliphatic rings. The molecule has 0 saturated carbocycles. The molecule has 0 radical (unpaired) electrons. The lowest BCUT2D eigenvalue weighted by Gasteiger charge is -2.08. The van der Waals surface area contributed by atoms with Crippen LogP contribution in [0.5, 0.6) is 5.75 Å². The van der Waals surface area contributed by atoms with Crippen LogP contribution in [0.2, 0.25) is 0 Å². The van der Waals surface area contributed by atoms with Gasteiger partial charge in [0.2, 0.25) is 0 Å². The smallest absolute Gasteiger partial charge is 0.190 e. The molecule has 106 valence electrons. The van der Waals surface area contributed by atoms with Crippen molar-refractivity contribution < 1.29 is 4.74 Å². The van der Waals surface area contributed by atoms with Gasteiger partial charge in [-0.25, -0.2) is 9.97 Å². The van der Waals surface area contributed by atoms with E-state index in [0.717, 1.165) is 16.5 Å². The fourth-order valence-electron chi connectivity index (χ4n) is 1.54. The van der Waals surface area contributed by atoms with Crippen LogP contribution in [0.25, 0.3) is 0 Å². The van der Waals surface area contributed by atoms with Crippen LogP contribution in [-0.2, 0) is 5.75 Å². The molecule has 5 nitrogen and oxygen atoms in total. The van der Waals surface area contributed by atoms with Crippen molar-refractivity contribution in [2.45, 2.75) is 22.9 Å². The van der Waals surface area contributed by atoms with Crippen molar-refractivity contribution in [1.82, 2.24) is 15.0 Å². The Labute approximate surface area is 126 Å². The van der Waals surface area contributed by atoms with Crippen molar-refractivity contribution in [3.63, 3.8) is 0 Å². The summed E-state index contributed by atoms with van der Waals surface area (Å²) in [5, 5.41) is 1.52. The molecule has 0 aliphatic heterocycles. The first kappa shape index (κ1) is 14.9. The molecular formula is C13H16N4OS2. The van der Waals surface area contributed by atoms with Crippen LogP contribution in [0, 0.1) is 0 Å². The number of nitrogens with zero attached hydrogens (tertiary/aromatic N) is 3. The summed E-state index contributed by atoms with van der Waals surface area (Å²) >= 11 is 3.04. The lowest BCUT2D eigenvalue weighted by Crippen LogP contribution is -1.99. The molecule has 0 saturated heterocycles. The summed E-state index contributed by atoms with van der Waals surface area (Å²) in [7, 11) is 0. The number of pyridine rings is 1. The average molecular weight is 308 g/mol. The third-order valence-corrected chi connectivity index (χ3v) is 3.88. The topological polar surface area (TPSA) is 73.9 Å². The highest BCUT2D eigenvalue weighted by Gasteiger charge is 2.08. The van der Waals surface area contributed by atoms with Crippen LogP contribution in [0.3, 0.4) is 0 Å². The molecule has 0 amide bonds. The quantitative estimate of drug-likeness (QED) is 0.499. The number of hydrogen-bond acceptors (Lipinski definition) is 7. The van der Waals surface area contributed by atoms with Gasteiger partial charge in [-0.2, -0.15) is 0 Å². The average Bonchev–Trinajstić information content (AvgIpc) is 2.46. The third kappa shape index (κ3) is 4.01. The molecule has 20 heavy (non-hydrogen) atoms. The molecule has 2 aromatic rings. The molecule has 7 heteroatoms. The number of nitrogen functional groups attached to an aromatic ring is 1. The Morgan fingerprint density at radius 3 is 2.95 bits per heavy atom. The van der Waals surface area contributed by atoms with Gasteiger partial charge in [0.05, 0.1) is 12.3 Å². The van der Waals surface area contributed by atoms with E-state index < -0.39 is 0 Å². The first-order chi connectivity index (χ1) is 9.72. The Hall–Kier alpha value is -1.47. The summed E-state index contributed by atoms with van der Waals surface area (Å²) in [6, 6.07) is 5.54. The van der Waals surface area contributed by atoms with Gasteiger partial charge in [0, 0.05) is 18.0 Å². The number of rotatable bonds is 6. The van der Waals surface area contributed by atoms with E-state index in [-0.39, 0.29) is 0 Å². The number of hydrogen-bond donors (Lipinski definition) is 1. The third-order valence-electron chi connectivity index (χ3n) is 2.40. The molecule has 0 aliphatic carbocycles. The van der Waals surface area contributed by atoms with Gasteiger partial charge in [-0.05, 0) is 25.3 Å². The Balaban J connectivity index is 2.10. The second kappa shape index (κ2) is 7.35.